The Morgan fingerprint density at radius 1 is 1.35 bits per heavy atom. The number of aromatic amines is 1. The molecule has 0 bridgehead atoms. The van der Waals surface area contributed by atoms with E-state index >= 15 is 0 Å². The number of nitrogens with one attached hydrogen (secondary N) is 1. The molecule has 5 nitrogen and oxygen atoms in total. The largest absolute Gasteiger partial charge is 0.354 e. The van der Waals surface area contributed by atoms with Crippen LogP contribution in [0.3, 0.4) is 0 Å². The average Bonchev–Trinajstić information content (AvgIpc) is 2.82. The van der Waals surface area contributed by atoms with Crippen molar-refractivity contribution in [2.75, 3.05) is 35.8 Å². The zero-order valence-corrected chi connectivity index (χ0v) is 11.1. The van der Waals surface area contributed by atoms with Crippen molar-refractivity contribution in [2.45, 2.75) is 5.03 Å². The molecule has 1 fully saturated rings. The second-order valence-electron chi connectivity index (χ2n) is 3.75. The molecule has 0 unspecified atom stereocenters. The molecule has 0 aliphatic carbocycles. The first-order chi connectivity index (χ1) is 8.40. The molecule has 2 aromatic heterocycles. The summed E-state index contributed by atoms with van der Waals surface area (Å²) >= 11 is 3.63. The third-order valence-electron chi connectivity index (χ3n) is 2.81. The Balaban J connectivity index is 2.10. The summed E-state index contributed by atoms with van der Waals surface area (Å²) in [6, 6.07) is 0. The van der Waals surface area contributed by atoms with Gasteiger partial charge in [0.15, 0.2) is 5.65 Å². The van der Waals surface area contributed by atoms with Crippen LogP contribution in [0, 0.1) is 0 Å². The van der Waals surface area contributed by atoms with Gasteiger partial charge in [-0.3, -0.25) is 5.10 Å². The maximum absolute atomic E-state index is 4.44. The Morgan fingerprint density at radius 3 is 2.94 bits per heavy atom. The summed E-state index contributed by atoms with van der Waals surface area (Å²) in [6.45, 7) is 2.10. The smallest absolute Gasteiger partial charge is 0.161 e. The first-order valence-electron chi connectivity index (χ1n) is 5.46. The molecular weight excluding hydrogens is 254 g/mol. The number of hydrogen-bond acceptors (Lipinski definition) is 6. The summed E-state index contributed by atoms with van der Waals surface area (Å²) in [4.78, 5) is 11.0. The zero-order chi connectivity index (χ0) is 11.7. The maximum atomic E-state index is 4.44. The van der Waals surface area contributed by atoms with Crippen molar-refractivity contribution in [3.63, 3.8) is 0 Å². The van der Waals surface area contributed by atoms with Crippen LogP contribution in [-0.4, -0.2) is 51.0 Å². The molecule has 7 heteroatoms. The third kappa shape index (κ3) is 1.97. The highest BCUT2D eigenvalue weighted by atomic mass is 32.2. The summed E-state index contributed by atoms with van der Waals surface area (Å²) in [6.07, 6.45) is 3.64. The normalized spacial score (nSPS) is 16.6. The van der Waals surface area contributed by atoms with Crippen LogP contribution in [0.2, 0.25) is 0 Å². The molecule has 0 radical (unpaired) electrons. The van der Waals surface area contributed by atoms with Crippen LogP contribution in [0.1, 0.15) is 0 Å². The van der Waals surface area contributed by atoms with E-state index < -0.39 is 0 Å². The van der Waals surface area contributed by atoms with Gasteiger partial charge in [0.2, 0.25) is 0 Å². The molecule has 90 valence electrons. The van der Waals surface area contributed by atoms with E-state index in [1.165, 1.54) is 0 Å². The van der Waals surface area contributed by atoms with E-state index in [1.54, 1.807) is 18.1 Å². The first-order valence-corrected chi connectivity index (χ1v) is 7.84. The van der Waals surface area contributed by atoms with E-state index in [0.717, 1.165) is 46.5 Å². The number of nitrogens with zero attached hydrogens (tertiary/aromatic N) is 4. The number of anilines is 1. The quantitative estimate of drug-likeness (QED) is 0.835. The van der Waals surface area contributed by atoms with Crippen molar-refractivity contribution in [1.29, 1.82) is 0 Å². The summed E-state index contributed by atoms with van der Waals surface area (Å²) in [5, 5.41) is 9.28. The van der Waals surface area contributed by atoms with Crippen molar-refractivity contribution in [3.8, 4) is 0 Å². The minimum atomic E-state index is 0.831. The van der Waals surface area contributed by atoms with Gasteiger partial charge < -0.3 is 4.90 Å². The van der Waals surface area contributed by atoms with Gasteiger partial charge in [-0.25, -0.2) is 9.97 Å². The molecule has 3 heterocycles. The van der Waals surface area contributed by atoms with E-state index in [-0.39, 0.29) is 0 Å². The van der Waals surface area contributed by atoms with Crippen LogP contribution < -0.4 is 4.90 Å². The molecule has 0 atom stereocenters. The van der Waals surface area contributed by atoms with Crippen LogP contribution in [0.4, 0.5) is 5.82 Å². The van der Waals surface area contributed by atoms with Gasteiger partial charge in [0.1, 0.15) is 17.2 Å². The molecular formula is C10H13N5S2. The lowest BCUT2D eigenvalue weighted by Crippen LogP contribution is -2.33. The summed E-state index contributed by atoms with van der Waals surface area (Å²) in [7, 11) is 0. The highest BCUT2D eigenvalue weighted by molar-refractivity contribution is 7.99. The highest BCUT2D eigenvalue weighted by Gasteiger charge is 2.19. The molecule has 0 aromatic carbocycles. The Bertz CT molecular complexity index is 520. The fraction of sp³-hybridized carbons (Fsp3) is 0.500. The highest BCUT2D eigenvalue weighted by Crippen LogP contribution is 2.30. The molecule has 0 amide bonds. The molecule has 3 rings (SSSR count). The minimum Gasteiger partial charge on any atom is -0.354 e. The van der Waals surface area contributed by atoms with Crippen molar-refractivity contribution < 1.29 is 0 Å². The number of fused-ring (bicyclic) bond motifs is 1. The van der Waals surface area contributed by atoms with E-state index in [9.17, 15) is 0 Å². The maximum Gasteiger partial charge on any atom is 0.161 e. The Kier molecular flexibility index (Phi) is 3.11. The van der Waals surface area contributed by atoms with Gasteiger partial charge in [-0.2, -0.15) is 16.9 Å². The van der Waals surface area contributed by atoms with E-state index in [4.69, 9.17) is 0 Å². The van der Waals surface area contributed by atoms with Gasteiger partial charge in [0.25, 0.3) is 0 Å². The Labute approximate surface area is 108 Å². The predicted molar refractivity (Wildman–Crippen MR) is 73.0 cm³/mol. The topological polar surface area (TPSA) is 57.7 Å². The summed E-state index contributed by atoms with van der Waals surface area (Å²) in [5.41, 5.74) is 0.831. The minimum absolute atomic E-state index is 0.831. The van der Waals surface area contributed by atoms with Crippen molar-refractivity contribution in [1.82, 2.24) is 20.2 Å². The van der Waals surface area contributed by atoms with Crippen molar-refractivity contribution in [3.05, 3.63) is 6.33 Å². The fourth-order valence-corrected chi connectivity index (χ4v) is 3.41. The first kappa shape index (κ1) is 11.2. The standard InChI is InChI=1S/C10H13N5S2/c1-16-10-7-8(13-14-10)11-6-12-9(7)15-2-4-17-5-3-15/h6H,2-5H2,1H3,(H,11,12,13,14). The molecule has 1 saturated heterocycles. The average molecular weight is 267 g/mol. The monoisotopic (exact) mass is 267 g/mol. The van der Waals surface area contributed by atoms with Gasteiger partial charge >= 0.3 is 0 Å². The Hall–Kier alpha value is -0.950. The van der Waals surface area contributed by atoms with Crippen LogP contribution >= 0.6 is 23.5 Å². The number of H-pyrrole nitrogens is 1. The predicted octanol–water partition coefficient (Wildman–Crippen LogP) is 1.63. The number of rotatable bonds is 2. The molecule has 17 heavy (non-hydrogen) atoms. The lowest BCUT2D eigenvalue weighted by atomic mass is 10.3. The molecule has 2 aromatic rings. The van der Waals surface area contributed by atoms with E-state index in [2.05, 4.69) is 25.1 Å². The molecule has 0 saturated carbocycles. The van der Waals surface area contributed by atoms with Crippen LogP contribution in [0.5, 0.6) is 0 Å². The van der Waals surface area contributed by atoms with Crippen molar-refractivity contribution in [2.24, 2.45) is 0 Å². The van der Waals surface area contributed by atoms with Gasteiger partial charge in [0, 0.05) is 24.6 Å². The second-order valence-corrected chi connectivity index (χ2v) is 5.77. The Morgan fingerprint density at radius 2 is 2.18 bits per heavy atom. The van der Waals surface area contributed by atoms with Gasteiger partial charge in [0.05, 0.1) is 5.39 Å². The van der Waals surface area contributed by atoms with Crippen molar-refractivity contribution >= 4 is 40.4 Å². The molecule has 1 N–H and O–H groups in total. The molecule has 1 aliphatic heterocycles. The van der Waals surface area contributed by atoms with Crippen LogP contribution in [0.15, 0.2) is 11.4 Å². The molecule has 0 spiro atoms. The number of aromatic nitrogens is 4. The van der Waals surface area contributed by atoms with Gasteiger partial charge in [-0.1, -0.05) is 0 Å². The fourth-order valence-electron chi connectivity index (χ4n) is 1.98. The lowest BCUT2D eigenvalue weighted by Gasteiger charge is -2.27. The van der Waals surface area contributed by atoms with E-state index in [0.29, 0.717) is 0 Å². The van der Waals surface area contributed by atoms with E-state index in [1.807, 2.05) is 18.0 Å². The second kappa shape index (κ2) is 4.73. The summed E-state index contributed by atoms with van der Waals surface area (Å²) in [5.74, 6) is 3.35. The van der Waals surface area contributed by atoms with Crippen LogP contribution in [0.25, 0.3) is 11.0 Å². The van der Waals surface area contributed by atoms with Gasteiger partial charge in [-0.05, 0) is 6.26 Å². The number of hydrogen-bond donors (Lipinski definition) is 1. The number of thioether (sulfide) groups is 2. The van der Waals surface area contributed by atoms with Gasteiger partial charge in [-0.15, -0.1) is 11.8 Å². The zero-order valence-electron chi connectivity index (χ0n) is 9.51. The molecule has 1 aliphatic rings. The lowest BCUT2D eigenvalue weighted by molar-refractivity contribution is 0.841. The SMILES string of the molecule is CSc1n[nH]c2ncnc(N3CCSCC3)c12. The third-order valence-corrected chi connectivity index (χ3v) is 4.43. The summed E-state index contributed by atoms with van der Waals surface area (Å²) < 4.78 is 0. The van der Waals surface area contributed by atoms with Crippen LogP contribution in [-0.2, 0) is 0 Å².